The molecule has 0 bridgehead atoms. The summed E-state index contributed by atoms with van der Waals surface area (Å²) in [5, 5.41) is 12.1. The molecule has 6 heteroatoms. The van der Waals surface area contributed by atoms with Gasteiger partial charge in [-0.25, -0.2) is 0 Å². The normalized spacial score (nSPS) is 11.8. The van der Waals surface area contributed by atoms with Crippen molar-refractivity contribution in [2.75, 3.05) is 6.54 Å². The Kier molecular flexibility index (Phi) is 7.03. The SMILES string of the molecule is C=CCn1c(S[C@@H](C)C(=O)NCCc2ccccc2)nnc1-c1ccccc1. The average Bonchev–Trinajstić information content (AvgIpc) is 3.12. The molecule has 2 aromatic carbocycles. The maximum Gasteiger partial charge on any atom is 0.233 e. The zero-order valence-corrected chi connectivity index (χ0v) is 16.7. The van der Waals surface area contributed by atoms with Gasteiger partial charge in [-0.15, -0.1) is 16.8 Å². The molecule has 0 aliphatic rings. The van der Waals surface area contributed by atoms with Crippen LogP contribution in [0.15, 0.2) is 78.5 Å². The Morgan fingerprint density at radius 1 is 1.14 bits per heavy atom. The van der Waals surface area contributed by atoms with Gasteiger partial charge in [-0.3, -0.25) is 9.36 Å². The molecule has 1 aromatic heterocycles. The number of nitrogens with one attached hydrogen (secondary N) is 1. The molecular formula is C22H24N4OS. The Hall–Kier alpha value is -2.86. The van der Waals surface area contributed by atoms with E-state index in [1.807, 2.05) is 66.1 Å². The van der Waals surface area contributed by atoms with Crippen molar-refractivity contribution in [3.63, 3.8) is 0 Å². The third-order valence-electron chi connectivity index (χ3n) is 4.27. The van der Waals surface area contributed by atoms with E-state index in [0.29, 0.717) is 18.2 Å². The number of hydrogen-bond acceptors (Lipinski definition) is 4. The number of nitrogens with zero attached hydrogens (tertiary/aromatic N) is 3. The first-order valence-corrected chi connectivity index (χ1v) is 10.1. The van der Waals surface area contributed by atoms with Crippen molar-refractivity contribution >= 4 is 17.7 Å². The second-order valence-corrected chi connectivity index (χ2v) is 7.67. The van der Waals surface area contributed by atoms with Crippen LogP contribution < -0.4 is 5.32 Å². The topological polar surface area (TPSA) is 59.8 Å². The third-order valence-corrected chi connectivity index (χ3v) is 5.35. The molecule has 3 rings (SSSR count). The number of amides is 1. The molecule has 0 saturated heterocycles. The van der Waals surface area contributed by atoms with E-state index in [9.17, 15) is 4.79 Å². The van der Waals surface area contributed by atoms with Crippen molar-refractivity contribution in [3.05, 3.63) is 78.9 Å². The maximum absolute atomic E-state index is 12.5. The first kappa shape index (κ1) is 19.9. The van der Waals surface area contributed by atoms with E-state index >= 15 is 0 Å². The van der Waals surface area contributed by atoms with Crippen molar-refractivity contribution in [1.82, 2.24) is 20.1 Å². The van der Waals surface area contributed by atoms with Crippen molar-refractivity contribution in [1.29, 1.82) is 0 Å². The number of rotatable bonds is 9. The second kappa shape index (κ2) is 9.90. The highest BCUT2D eigenvalue weighted by molar-refractivity contribution is 8.00. The standard InChI is InChI=1S/C22H24N4OS/c1-3-16-26-20(19-12-8-5-9-13-19)24-25-22(26)28-17(2)21(27)23-15-14-18-10-6-4-7-11-18/h3-13,17H,1,14-16H2,2H3,(H,23,27)/t17-/m0/s1. The molecule has 0 fully saturated rings. The predicted molar refractivity (Wildman–Crippen MR) is 114 cm³/mol. The van der Waals surface area contributed by atoms with Gasteiger partial charge in [0.05, 0.1) is 5.25 Å². The Morgan fingerprint density at radius 3 is 2.50 bits per heavy atom. The van der Waals surface area contributed by atoms with Crippen molar-refractivity contribution in [3.8, 4) is 11.4 Å². The number of thioether (sulfide) groups is 1. The van der Waals surface area contributed by atoms with Gasteiger partial charge in [0.25, 0.3) is 0 Å². The maximum atomic E-state index is 12.5. The number of benzene rings is 2. The number of carbonyl (C=O) groups excluding carboxylic acids is 1. The Labute approximate surface area is 169 Å². The highest BCUT2D eigenvalue weighted by Gasteiger charge is 2.20. The van der Waals surface area contributed by atoms with Crippen molar-refractivity contribution in [2.45, 2.75) is 30.3 Å². The van der Waals surface area contributed by atoms with E-state index in [2.05, 4.69) is 34.2 Å². The zero-order valence-electron chi connectivity index (χ0n) is 15.9. The summed E-state index contributed by atoms with van der Waals surface area (Å²) in [5.41, 5.74) is 2.20. The van der Waals surface area contributed by atoms with Crippen LogP contribution >= 0.6 is 11.8 Å². The number of aromatic nitrogens is 3. The van der Waals surface area contributed by atoms with Crippen LogP contribution in [0.3, 0.4) is 0 Å². The third kappa shape index (κ3) is 5.10. The molecule has 144 valence electrons. The fourth-order valence-corrected chi connectivity index (χ4v) is 3.68. The molecule has 0 unspecified atom stereocenters. The Morgan fingerprint density at radius 2 is 1.82 bits per heavy atom. The summed E-state index contributed by atoms with van der Waals surface area (Å²) in [6.07, 6.45) is 2.62. The quantitative estimate of drug-likeness (QED) is 0.442. The minimum Gasteiger partial charge on any atom is -0.355 e. The molecular weight excluding hydrogens is 368 g/mol. The minimum atomic E-state index is -0.271. The van der Waals surface area contributed by atoms with E-state index in [1.54, 1.807) is 0 Å². The van der Waals surface area contributed by atoms with Gasteiger partial charge in [0.2, 0.25) is 5.91 Å². The van der Waals surface area contributed by atoms with Crippen LogP contribution in [0.2, 0.25) is 0 Å². The molecule has 1 amide bonds. The van der Waals surface area contributed by atoms with E-state index in [-0.39, 0.29) is 11.2 Å². The summed E-state index contributed by atoms with van der Waals surface area (Å²) >= 11 is 1.41. The van der Waals surface area contributed by atoms with Gasteiger partial charge in [0.1, 0.15) is 0 Å². The smallest absolute Gasteiger partial charge is 0.233 e. The van der Waals surface area contributed by atoms with Crippen LogP contribution in [0.5, 0.6) is 0 Å². The van der Waals surface area contributed by atoms with E-state index in [1.165, 1.54) is 17.3 Å². The second-order valence-electron chi connectivity index (χ2n) is 6.36. The first-order valence-electron chi connectivity index (χ1n) is 9.27. The molecule has 0 spiro atoms. The van der Waals surface area contributed by atoms with Gasteiger partial charge < -0.3 is 5.32 Å². The highest BCUT2D eigenvalue weighted by atomic mass is 32.2. The molecule has 1 heterocycles. The molecule has 0 radical (unpaired) electrons. The highest BCUT2D eigenvalue weighted by Crippen LogP contribution is 2.26. The minimum absolute atomic E-state index is 0.00431. The van der Waals surface area contributed by atoms with Crippen LogP contribution in [-0.4, -0.2) is 32.5 Å². The van der Waals surface area contributed by atoms with Crippen LogP contribution in [0.4, 0.5) is 0 Å². The molecule has 3 aromatic rings. The summed E-state index contributed by atoms with van der Waals surface area (Å²) < 4.78 is 1.99. The Bertz CT molecular complexity index is 909. The number of hydrogen-bond donors (Lipinski definition) is 1. The van der Waals surface area contributed by atoms with Gasteiger partial charge >= 0.3 is 0 Å². The van der Waals surface area contributed by atoms with E-state index in [4.69, 9.17) is 0 Å². The van der Waals surface area contributed by atoms with Crippen molar-refractivity contribution in [2.24, 2.45) is 0 Å². The number of carbonyl (C=O) groups is 1. The van der Waals surface area contributed by atoms with Crippen LogP contribution in [0, 0.1) is 0 Å². The van der Waals surface area contributed by atoms with E-state index < -0.39 is 0 Å². The van der Waals surface area contributed by atoms with Gasteiger partial charge in [-0.2, -0.15) is 0 Å². The average molecular weight is 393 g/mol. The lowest BCUT2D eigenvalue weighted by atomic mass is 10.1. The number of allylic oxidation sites excluding steroid dienone is 1. The Balaban J connectivity index is 1.63. The molecule has 0 saturated carbocycles. The molecule has 1 N–H and O–H groups in total. The van der Waals surface area contributed by atoms with Crippen LogP contribution in [0.1, 0.15) is 12.5 Å². The first-order chi connectivity index (χ1) is 13.7. The molecule has 0 aliphatic carbocycles. The fraction of sp³-hybridized carbons (Fsp3) is 0.227. The lowest BCUT2D eigenvalue weighted by Crippen LogP contribution is -2.32. The summed E-state index contributed by atoms with van der Waals surface area (Å²) in [5.74, 6) is 0.773. The monoisotopic (exact) mass is 392 g/mol. The fourth-order valence-electron chi connectivity index (χ4n) is 2.80. The summed E-state index contributed by atoms with van der Waals surface area (Å²) in [6.45, 7) is 6.92. The predicted octanol–water partition coefficient (Wildman–Crippen LogP) is 3.97. The molecule has 0 aliphatic heterocycles. The zero-order chi connectivity index (χ0) is 19.8. The van der Waals surface area contributed by atoms with Crippen molar-refractivity contribution < 1.29 is 4.79 Å². The molecule has 28 heavy (non-hydrogen) atoms. The lowest BCUT2D eigenvalue weighted by molar-refractivity contribution is -0.120. The van der Waals surface area contributed by atoms with Gasteiger partial charge in [0, 0.05) is 18.7 Å². The van der Waals surface area contributed by atoms with Gasteiger partial charge in [0.15, 0.2) is 11.0 Å². The van der Waals surface area contributed by atoms with Gasteiger partial charge in [-0.1, -0.05) is 78.5 Å². The van der Waals surface area contributed by atoms with E-state index in [0.717, 1.165) is 17.8 Å². The summed E-state index contributed by atoms with van der Waals surface area (Å²) in [4.78, 5) is 12.5. The summed E-state index contributed by atoms with van der Waals surface area (Å²) in [6, 6.07) is 20.0. The summed E-state index contributed by atoms with van der Waals surface area (Å²) in [7, 11) is 0. The van der Waals surface area contributed by atoms with Crippen LogP contribution in [0.25, 0.3) is 11.4 Å². The molecule has 5 nitrogen and oxygen atoms in total. The van der Waals surface area contributed by atoms with Gasteiger partial charge in [-0.05, 0) is 18.9 Å². The van der Waals surface area contributed by atoms with Crippen LogP contribution in [-0.2, 0) is 17.8 Å². The lowest BCUT2D eigenvalue weighted by Gasteiger charge is -2.13. The molecule has 1 atom stereocenters. The largest absolute Gasteiger partial charge is 0.355 e.